The van der Waals surface area contributed by atoms with Crippen LogP contribution in [0.1, 0.15) is 31.2 Å². The second kappa shape index (κ2) is 5.94. The zero-order valence-corrected chi connectivity index (χ0v) is 11.9. The highest BCUT2D eigenvalue weighted by Crippen LogP contribution is 2.38. The van der Waals surface area contributed by atoms with Crippen LogP contribution >= 0.6 is 23.2 Å². The molecule has 1 nitrogen and oxygen atoms in total. The summed E-state index contributed by atoms with van der Waals surface area (Å²) in [6, 6.07) is 5.08. The Balaban J connectivity index is 1.98. The van der Waals surface area contributed by atoms with E-state index in [1.165, 1.54) is 0 Å². The first-order chi connectivity index (χ1) is 8.87. The second-order valence-electron chi connectivity index (χ2n) is 5.20. The molecule has 1 unspecified atom stereocenters. The predicted molar refractivity (Wildman–Crippen MR) is 73.1 cm³/mol. The summed E-state index contributed by atoms with van der Waals surface area (Å²) in [7, 11) is 0. The standard InChI is InChI=1S/C14H16Cl2F2O/c15-11-1-2-12(16)10(7-11)8-13(19)9-3-5-14(17,18)6-4-9/h1-2,7,9,13,19H,3-6,8H2. The van der Waals surface area contributed by atoms with Crippen molar-refractivity contribution < 1.29 is 13.9 Å². The lowest BCUT2D eigenvalue weighted by Gasteiger charge is -2.31. The zero-order chi connectivity index (χ0) is 14.0. The van der Waals surface area contributed by atoms with Gasteiger partial charge in [-0.1, -0.05) is 23.2 Å². The van der Waals surface area contributed by atoms with Crippen LogP contribution < -0.4 is 0 Å². The molecule has 1 aliphatic rings. The zero-order valence-electron chi connectivity index (χ0n) is 10.4. The van der Waals surface area contributed by atoms with E-state index in [9.17, 15) is 13.9 Å². The average molecular weight is 309 g/mol. The quantitative estimate of drug-likeness (QED) is 0.856. The molecule has 1 atom stereocenters. The lowest BCUT2D eigenvalue weighted by Crippen LogP contribution is -2.32. The topological polar surface area (TPSA) is 20.2 Å². The molecule has 0 spiro atoms. The highest BCUT2D eigenvalue weighted by atomic mass is 35.5. The summed E-state index contributed by atoms with van der Waals surface area (Å²) in [5, 5.41) is 11.3. The summed E-state index contributed by atoms with van der Waals surface area (Å²) in [5.74, 6) is -2.65. The molecule has 1 fully saturated rings. The maximum Gasteiger partial charge on any atom is 0.248 e. The van der Waals surface area contributed by atoms with E-state index in [0.29, 0.717) is 29.3 Å². The lowest BCUT2D eigenvalue weighted by molar-refractivity contribution is -0.0619. The number of halogens is 4. The molecule has 1 aromatic rings. The van der Waals surface area contributed by atoms with E-state index in [1.807, 2.05) is 0 Å². The van der Waals surface area contributed by atoms with Gasteiger partial charge in [-0.15, -0.1) is 0 Å². The number of rotatable bonds is 3. The Morgan fingerprint density at radius 2 is 1.89 bits per heavy atom. The minimum Gasteiger partial charge on any atom is -0.392 e. The van der Waals surface area contributed by atoms with Gasteiger partial charge in [-0.25, -0.2) is 8.78 Å². The highest BCUT2D eigenvalue weighted by Gasteiger charge is 2.37. The summed E-state index contributed by atoms with van der Waals surface area (Å²) >= 11 is 11.9. The summed E-state index contributed by atoms with van der Waals surface area (Å²) in [4.78, 5) is 0. The first-order valence-corrected chi connectivity index (χ1v) is 7.13. The molecule has 0 amide bonds. The van der Waals surface area contributed by atoms with E-state index >= 15 is 0 Å². The maximum atomic E-state index is 13.1. The van der Waals surface area contributed by atoms with Gasteiger partial charge in [0, 0.05) is 29.3 Å². The number of benzene rings is 1. The molecular weight excluding hydrogens is 293 g/mol. The molecule has 1 aromatic carbocycles. The molecular formula is C14H16Cl2F2O. The van der Waals surface area contributed by atoms with Gasteiger partial charge in [-0.05, 0) is 42.5 Å². The molecule has 0 saturated heterocycles. The van der Waals surface area contributed by atoms with Gasteiger partial charge in [0.25, 0.3) is 0 Å². The van der Waals surface area contributed by atoms with Crippen LogP contribution in [0, 0.1) is 5.92 Å². The number of alkyl halides is 2. The molecule has 19 heavy (non-hydrogen) atoms. The third-order valence-corrected chi connectivity index (χ3v) is 4.35. The van der Waals surface area contributed by atoms with Gasteiger partial charge in [-0.2, -0.15) is 0 Å². The van der Waals surface area contributed by atoms with Crippen LogP contribution in [0.4, 0.5) is 8.78 Å². The van der Waals surface area contributed by atoms with Crippen LogP contribution in [0.25, 0.3) is 0 Å². The van der Waals surface area contributed by atoms with E-state index in [0.717, 1.165) is 5.56 Å². The van der Waals surface area contributed by atoms with Gasteiger partial charge in [0.1, 0.15) is 0 Å². The van der Waals surface area contributed by atoms with Crippen LogP contribution in [0.2, 0.25) is 10.0 Å². The monoisotopic (exact) mass is 308 g/mol. The Bertz CT molecular complexity index is 441. The van der Waals surface area contributed by atoms with Crippen molar-refractivity contribution in [1.29, 1.82) is 0 Å². The molecule has 106 valence electrons. The van der Waals surface area contributed by atoms with Crippen LogP contribution in [0.5, 0.6) is 0 Å². The van der Waals surface area contributed by atoms with Gasteiger partial charge < -0.3 is 5.11 Å². The van der Waals surface area contributed by atoms with Gasteiger partial charge in [-0.3, -0.25) is 0 Å². The smallest absolute Gasteiger partial charge is 0.248 e. The Morgan fingerprint density at radius 3 is 2.53 bits per heavy atom. The molecule has 1 aliphatic carbocycles. The molecule has 0 aliphatic heterocycles. The van der Waals surface area contributed by atoms with Gasteiger partial charge in [0.2, 0.25) is 5.92 Å². The molecule has 2 rings (SSSR count). The molecule has 0 heterocycles. The third kappa shape index (κ3) is 4.04. The SMILES string of the molecule is OC(Cc1cc(Cl)ccc1Cl)C1CCC(F)(F)CC1. The van der Waals surface area contributed by atoms with E-state index in [4.69, 9.17) is 23.2 Å². The van der Waals surface area contributed by atoms with Gasteiger partial charge in [0.15, 0.2) is 0 Å². The van der Waals surface area contributed by atoms with Crippen LogP contribution in [0.15, 0.2) is 18.2 Å². The number of aliphatic hydroxyl groups is 1. The maximum absolute atomic E-state index is 13.1. The normalized spacial score (nSPS) is 21.3. The minimum atomic E-state index is -2.57. The first kappa shape index (κ1) is 15.0. The molecule has 1 saturated carbocycles. The fraction of sp³-hybridized carbons (Fsp3) is 0.571. The first-order valence-electron chi connectivity index (χ1n) is 6.37. The molecule has 1 N–H and O–H groups in total. The lowest BCUT2D eigenvalue weighted by atomic mass is 9.81. The molecule has 0 radical (unpaired) electrons. The van der Waals surface area contributed by atoms with Crippen molar-refractivity contribution in [3.63, 3.8) is 0 Å². The van der Waals surface area contributed by atoms with Gasteiger partial charge >= 0.3 is 0 Å². The van der Waals surface area contributed by atoms with Crippen molar-refractivity contribution in [1.82, 2.24) is 0 Å². The Morgan fingerprint density at radius 1 is 1.26 bits per heavy atom. The van der Waals surface area contributed by atoms with E-state index in [-0.39, 0.29) is 18.8 Å². The molecule has 5 heteroatoms. The van der Waals surface area contributed by atoms with Crippen molar-refractivity contribution in [3.8, 4) is 0 Å². The van der Waals surface area contributed by atoms with Crippen molar-refractivity contribution in [3.05, 3.63) is 33.8 Å². The predicted octanol–water partition coefficient (Wildman–Crippen LogP) is 4.72. The Kier molecular flexibility index (Phi) is 4.70. The fourth-order valence-corrected chi connectivity index (χ4v) is 2.93. The van der Waals surface area contributed by atoms with Crippen LogP contribution in [0.3, 0.4) is 0 Å². The summed E-state index contributed by atoms with van der Waals surface area (Å²) in [6.45, 7) is 0. The second-order valence-corrected chi connectivity index (χ2v) is 6.04. The Labute approximate surface area is 121 Å². The summed E-state index contributed by atoms with van der Waals surface area (Å²) in [5.41, 5.74) is 0.763. The van der Waals surface area contributed by atoms with E-state index < -0.39 is 12.0 Å². The highest BCUT2D eigenvalue weighted by molar-refractivity contribution is 6.33. The van der Waals surface area contributed by atoms with Crippen molar-refractivity contribution in [2.75, 3.05) is 0 Å². The number of hydrogen-bond donors (Lipinski definition) is 1. The van der Waals surface area contributed by atoms with Crippen molar-refractivity contribution in [2.45, 2.75) is 44.1 Å². The minimum absolute atomic E-state index is 0.0883. The fourth-order valence-electron chi connectivity index (χ4n) is 2.54. The average Bonchev–Trinajstić information content (AvgIpc) is 2.33. The van der Waals surface area contributed by atoms with E-state index in [1.54, 1.807) is 18.2 Å². The van der Waals surface area contributed by atoms with E-state index in [2.05, 4.69) is 0 Å². The Hall–Kier alpha value is -0.380. The summed E-state index contributed by atoms with van der Waals surface area (Å²) < 4.78 is 26.1. The molecule has 0 bridgehead atoms. The van der Waals surface area contributed by atoms with Crippen LogP contribution in [-0.2, 0) is 6.42 Å². The number of hydrogen-bond acceptors (Lipinski definition) is 1. The van der Waals surface area contributed by atoms with Crippen LogP contribution in [-0.4, -0.2) is 17.1 Å². The number of aliphatic hydroxyl groups excluding tert-OH is 1. The van der Waals surface area contributed by atoms with Crippen molar-refractivity contribution >= 4 is 23.2 Å². The van der Waals surface area contributed by atoms with Gasteiger partial charge in [0.05, 0.1) is 6.10 Å². The largest absolute Gasteiger partial charge is 0.392 e. The third-order valence-electron chi connectivity index (χ3n) is 3.74. The molecule has 0 aromatic heterocycles. The van der Waals surface area contributed by atoms with Crippen molar-refractivity contribution in [2.24, 2.45) is 5.92 Å². The summed E-state index contributed by atoms with van der Waals surface area (Å²) in [6.07, 6.45) is 0.136.